The average Bonchev–Trinajstić information content (AvgIpc) is 2.92. The van der Waals surface area contributed by atoms with Crippen LogP contribution in [-0.4, -0.2) is 49.1 Å². The standard InChI is InChI=1S/C32H44N2O6/c1-6-39-31(37)23(5)20-27(21-24-13-15-26(16-14-24)25-11-9-8-10-12-25)33-29(35)17-18-30(36)34-28(19-22(3)4)32(38)40-7-2/h8-16,22-23,27-28H,6-7,17-21H2,1-5H3,(H,33,35)(H,34,36)/t23-,27+,28?/m1/s1. The maximum Gasteiger partial charge on any atom is 0.328 e. The molecular formula is C32H44N2O6. The summed E-state index contributed by atoms with van der Waals surface area (Å²) in [6.07, 6.45) is 1.27. The molecule has 8 nitrogen and oxygen atoms in total. The van der Waals surface area contributed by atoms with E-state index in [0.29, 0.717) is 25.9 Å². The molecule has 0 fully saturated rings. The van der Waals surface area contributed by atoms with Crippen molar-refractivity contribution in [3.8, 4) is 11.1 Å². The zero-order valence-corrected chi connectivity index (χ0v) is 24.4. The Bertz CT molecular complexity index is 1080. The number of rotatable bonds is 16. The predicted octanol–water partition coefficient (Wildman–Crippen LogP) is 4.84. The van der Waals surface area contributed by atoms with Crippen LogP contribution in [0.25, 0.3) is 11.1 Å². The van der Waals surface area contributed by atoms with Gasteiger partial charge in [0.25, 0.3) is 0 Å². The van der Waals surface area contributed by atoms with Gasteiger partial charge in [-0.15, -0.1) is 0 Å². The molecule has 3 atom stereocenters. The van der Waals surface area contributed by atoms with E-state index in [2.05, 4.69) is 10.6 Å². The molecule has 0 aliphatic rings. The molecule has 1 unspecified atom stereocenters. The zero-order valence-electron chi connectivity index (χ0n) is 24.4. The Morgan fingerprint density at radius 3 is 1.82 bits per heavy atom. The highest BCUT2D eigenvalue weighted by atomic mass is 16.5. The van der Waals surface area contributed by atoms with Crippen LogP contribution in [0.3, 0.4) is 0 Å². The average molecular weight is 553 g/mol. The smallest absolute Gasteiger partial charge is 0.328 e. The Morgan fingerprint density at radius 1 is 0.700 bits per heavy atom. The summed E-state index contributed by atoms with van der Waals surface area (Å²) in [5, 5.41) is 5.71. The molecular weight excluding hydrogens is 508 g/mol. The number of hydrogen-bond acceptors (Lipinski definition) is 6. The van der Waals surface area contributed by atoms with Gasteiger partial charge in [0.15, 0.2) is 0 Å². The molecule has 0 radical (unpaired) electrons. The highest BCUT2D eigenvalue weighted by Crippen LogP contribution is 2.21. The lowest BCUT2D eigenvalue weighted by Crippen LogP contribution is -2.43. The zero-order chi connectivity index (χ0) is 29.5. The maximum absolute atomic E-state index is 12.9. The van der Waals surface area contributed by atoms with E-state index in [1.807, 2.05) is 68.4 Å². The van der Waals surface area contributed by atoms with Crippen molar-refractivity contribution < 1.29 is 28.7 Å². The van der Waals surface area contributed by atoms with Gasteiger partial charge < -0.3 is 20.1 Å². The van der Waals surface area contributed by atoms with Crippen LogP contribution in [0.1, 0.15) is 65.9 Å². The van der Waals surface area contributed by atoms with Crippen LogP contribution in [0.5, 0.6) is 0 Å². The van der Waals surface area contributed by atoms with E-state index in [9.17, 15) is 19.2 Å². The predicted molar refractivity (Wildman–Crippen MR) is 155 cm³/mol. The number of benzene rings is 2. The quantitative estimate of drug-likeness (QED) is 0.288. The summed E-state index contributed by atoms with van der Waals surface area (Å²) >= 11 is 0. The molecule has 2 amide bonds. The van der Waals surface area contributed by atoms with E-state index in [-0.39, 0.29) is 49.2 Å². The first-order valence-electron chi connectivity index (χ1n) is 14.2. The van der Waals surface area contributed by atoms with Gasteiger partial charge in [-0.25, -0.2) is 4.79 Å². The molecule has 0 saturated carbocycles. The lowest BCUT2D eigenvalue weighted by Gasteiger charge is -2.22. The molecule has 0 aliphatic carbocycles. The van der Waals surface area contributed by atoms with Gasteiger partial charge in [0.05, 0.1) is 19.1 Å². The number of nitrogens with one attached hydrogen (secondary N) is 2. The summed E-state index contributed by atoms with van der Waals surface area (Å²) in [5.74, 6) is -1.69. The van der Waals surface area contributed by atoms with Crippen LogP contribution in [0.15, 0.2) is 54.6 Å². The number of hydrogen-bond donors (Lipinski definition) is 2. The van der Waals surface area contributed by atoms with Gasteiger partial charge in [0.1, 0.15) is 6.04 Å². The third kappa shape index (κ3) is 11.6. The first-order valence-corrected chi connectivity index (χ1v) is 14.2. The number of amides is 2. The Morgan fingerprint density at radius 2 is 1.25 bits per heavy atom. The molecule has 2 aromatic rings. The van der Waals surface area contributed by atoms with Crippen molar-refractivity contribution in [1.29, 1.82) is 0 Å². The Hall–Kier alpha value is -3.68. The van der Waals surface area contributed by atoms with E-state index in [4.69, 9.17) is 9.47 Å². The van der Waals surface area contributed by atoms with E-state index in [0.717, 1.165) is 16.7 Å². The number of carbonyl (C=O) groups is 4. The van der Waals surface area contributed by atoms with Gasteiger partial charge in [0.2, 0.25) is 11.8 Å². The van der Waals surface area contributed by atoms with Gasteiger partial charge in [-0.1, -0.05) is 75.4 Å². The molecule has 40 heavy (non-hydrogen) atoms. The summed E-state index contributed by atoms with van der Waals surface area (Å²) in [5.41, 5.74) is 3.23. The minimum absolute atomic E-state index is 0.0414. The largest absolute Gasteiger partial charge is 0.466 e. The van der Waals surface area contributed by atoms with Crippen molar-refractivity contribution in [3.05, 3.63) is 60.2 Å². The molecule has 0 heterocycles. The third-order valence-electron chi connectivity index (χ3n) is 6.43. The fourth-order valence-corrected chi connectivity index (χ4v) is 4.47. The Kier molecular flexibility index (Phi) is 13.9. The molecule has 2 aromatic carbocycles. The maximum atomic E-state index is 12.9. The molecule has 2 rings (SSSR count). The SMILES string of the molecule is CCOC(=O)C(CC(C)C)NC(=O)CCC(=O)N[C@H](Cc1ccc(-c2ccccc2)cc1)C[C@@H](C)C(=O)OCC. The fourth-order valence-electron chi connectivity index (χ4n) is 4.47. The van der Waals surface area contributed by atoms with Gasteiger partial charge in [-0.05, 0) is 55.7 Å². The van der Waals surface area contributed by atoms with Crippen molar-refractivity contribution in [2.45, 2.75) is 78.8 Å². The molecule has 0 saturated heterocycles. The first-order chi connectivity index (χ1) is 19.1. The monoisotopic (exact) mass is 552 g/mol. The highest BCUT2D eigenvalue weighted by Gasteiger charge is 2.25. The third-order valence-corrected chi connectivity index (χ3v) is 6.43. The normalized spacial score (nSPS) is 13.2. The first kappa shape index (κ1) is 32.5. The summed E-state index contributed by atoms with van der Waals surface area (Å²) in [4.78, 5) is 49.9. The van der Waals surface area contributed by atoms with Crippen LogP contribution in [-0.2, 0) is 35.1 Å². The second kappa shape index (κ2) is 17.1. The van der Waals surface area contributed by atoms with Crippen LogP contribution >= 0.6 is 0 Å². The lowest BCUT2D eigenvalue weighted by atomic mass is 9.94. The minimum atomic E-state index is -0.743. The number of carbonyl (C=O) groups excluding carboxylic acids is 4. The molecule has 0 aromatic heterocycles. The van der Waals surface area contributed by atoms with Crippen molar-refractivity contribution in [2.75, 3.05) is 13.2 Å². The Balaban J connectivity index is 2.02. The molecule has 0 bridgehead atoms. The van der Waals surface area contributed by atoms with Crippen LogP contribution < -0.4 is 10.6 Å². The molecule has 8 heteroatoms. The van der Waals surface area contributed by atoms with Gasteiger partial charge in [-0.2, -0.15) is 0 Å². The molecule has 0 spiro atoms. The van der Waals surface area contributed by atoms with Gasteiger partial charge >= 0.3 is 11.9 Å². The van der Waals surface area contributed by atoms with Gasteiger partial charge in [0, 0.05) is 18.9 Å². The van der Waals surface area contributed by atoms with Crippen molar-refractivity contribution in [1.82, 2.24) is 10.6 Å². The lowest BCUT2D eigenvalue weighted by molar-refractivity contribution is -0.148. The van der Waals surface area contributed by atoms with E-state index in [1.54, 1.807) is 20.8 Å². The van der Waals surface area contributed by atoms with Gasteiger partial charge in [-0.3, -0.25) is 14.4 Å². The second-order valence-electron chi connectivity index (χ2n) is 10.4. The Labute approximate surface area is 238 Å². The summed E-state index contributed by atoms with van der Waals surface area (Å²) in [6.45, 7) is 9.70. The molecule has 2 N–H and O–H groups in total. The van der Waals surface area contributed by atoms with E-state index >= 15 is 0 Å². The van der Waals surface area contributed by atoms with E-state index in [1.165, 1.54) is 0 Å². The molecule has 218 valence electrons. The number of ether oxygens (including phenoxy) is 2. The highest BCUT2D eigenvalue weighted by molar-refractivity contribution is 5.87. The number of esters is 2. The van der Waals surface area contributed by atoms with E-state index < -0.39 is 17.9 Å². The van der Waals surface area contributed by atoms with Crippen molar-refractivity contribution in [3.63, 3.8) is 0 Å². The summed E-state index contributed by atoms with van der Waals surface area (Å²) < 4.78 is 10.2. The topological polar surface area (TPSA) is 111 Å². The van der Waals surface area contributed by atoms with Crippen LogP contribution in [0, 0.1) is 11.8 Å². The van der Waals surface area contributed by atoms with Crippen LogP contribution in [0.4, 0.5) is 0 Å². The van der Waals surface area contributed by atoms with Crippen molar-refractivity contribution in [2.24, 2.45) is 11.8 Å². The fraction of sp³-hybridized carbons (Fsp3) is 0.500. The summed E-state index contributed by atoms with van der Waals surface area (Å²) in [6, 6.07) is 17.1. The molecule has 0 aliphatic heterocycles. The second-order valence-corrected chi connectivity index (χ2v) is 10.4. The van der Waals surface area contributed by atoms with Crippen molar-refractivity contribution >= 4 is 23.8 Å². The van der Waals surface area contributed by atoms with Crippen LogP contribution in [0.2, 0.25) is 0 Å². The summed E-state index contributed by atoms with van der Waals surface area (Å²) in [7, 11) is 0. The minimum Gasteiger partial charge on any atom is -0.466 e.